The lowest BCUT2D eigenvalue weighted by Crippen LogP contribution is -2.31. The summed E-state index contributed by atoms with van der Waals surface area (Å²) < 4.78 is 7.07. The van der Waals surface area contributed by atoms with E-state index in [0.29, 0.717) is 30.2 Å². The highest BCUT2D eigenvalue weighted by Crippen LogP contribution is 2.16. The van der Waals surface area contributed by atoms with Crippen LogP contribution in [0.5, 0.6) is 5.75 Å². The first kappa shape index (κ1) is 15.0. The van der Waals surface area contributed by atoms with Crippen LogP contribution in [0, 0.1) is 11.3 Å². The van der Waals surface area contributed by atoms with Crippen LogP contribution < -0.4 is 10.1 Å². The van der Waals surface area contributed by atoms with Crippen LogP contribution in [0.15, 0.2) is 30.6 Å². The van der Waals surface area contributed by atoms with E-state index in [1.807, 2.05) is 6.07 Å². The lowest BCUT2D eigenvalue weighted by Gasteiger charge is -2.13. The van der Waals surface area contributed by atoms with Gasteiger partial charge >= 0.3 is 0 Å². The van der Waals surface area contributed by atoms with Gasteiger partial charge in [-0.2, -0.15) is 10.4 Å². The molecule has 2 rings (SSSR count). The van der Waals surface area contributed by atoms with Crippen molar-refractivity contribution in [3.05, 3.63) is 42.0 Å². The Morgan fingerprint density at radius 1 is 1.48 bits per heavy atom. The number of aliphatic hydroxyl groups is 1. The average Bonchev–Trinajstić information content (AvgIpc) is 2.91. The van der Waals surface area contributed by atoms with Gasteiger partial charge in [0.05, 0.1) is 12.1 Å². The molecule has 0 aliphatic heterocycles. The first-order chi connectivity index (χ1) is 10.2. The zero-order chi connectivity index (χ0) is 15.1. The zero-order valence-electron chi connectivity index (χ0n) is 11.7. The molecule has 0 saturated carbocycles. The van der Waals surface area contributed by atoms with Gasteiger partial charge in [-0.15, -0.1) is 0 Å². The third-order valence-electron chi connectivity index (χ3n) is 2.75. The Kier molecular flexibility index (Phi) is 5.26. The molecule has 0 saturated heterocycles. The third kappa shape index (κ3) is 4.56. The van der Waals surface area contributed by atoms with Gasteiger partial charge in [0.2, 0.25) is 0 Å². The number of aliphatic hydroxyl groups excluding tert-OH is 1. The van der Waals surface area contributed by atoms with E-state index in [4.69, 9.17) is 10.00 Å². The van der Waals surface area contributed by atoms with E-state index in [1.165, 1.54) is 0 Å². The van der Waals surface area contributed by atoms with Gasteiger partial charge in [-0.1, -0.05) is 12.1 Å². The number of nitriles is 1. The van der Waals surface area contributed by atoms with Gasteiger partial charge in [0.25, 0.3) is 0 Å². The molecule has 1 atom stereocenters. The number of ether oxygens (including phenoxy) is 1. The van der Waals surface area contributed by atoms with Crippen LogP contribution >= 0.6 is 0 Å². The van der Waals surface area contributed by atoms with Crippen molar-refractivity contribution in [1.29, 1.82) is 5.26 Å². The lowest BCUT2D eigenvalue weighted by atomic mass is 10.2. The van der Waals surface area contributed by atoms with Crippen LogP contribution in [0.4, 0.5) is 0 Å². The van der Waals surface area contributed by atoms with Gasteiger partial charge < -0.3 is 15.2 Å². The van der Waals surface area contributed by atoms with Crippen LogP contribution in [-0.2, 0) is 13.6 Å². The monoisotopic (exact) mass is 287 g/mol. The minimum absolute atomic E-state index is 0.112. The molecule has 1 heterocycles. The molecular formula is C14H17N5O2. The van der Waals surface area contributed by atoms with E-state index in [1.54, 1.807) is 42.3 Å². The minimum Gasteiger partial charge on any atom is -0.489 e. The zero-order valence-corrected chi connectivity index (χ0v) is 11.7. The number of nitrogens with one attached hydrogen (secondary N) is 1. The van der Waals surface area contributed by atoms with E-state index in [-0.39, 0.29) is 6.61 Å². The molecule has 0 aliphatic carbocycles. The van der Waals surface area contributed by atoms with Gasteiger partial charge in [-0.25, -0.2) is 4.98 Å². The van der Waals surface area contributed by atoms with Gasteiger partial charge in [0.1, 0.15) is 30.9 Å². The number of para-hydroxylation sites is 1. The molecule has 7 nitrogen and oxygen atoms in total. The predicted octanol–water partition coefficient (Wildman–Crippen LogP) is 0.216. The smallest absolute Gasteiger partial charge is 0.164 e. The molecule has 0 bridgehead atoms. The Bertz CT molecular complexity index is 620. The fourth-order valence-corrected chi connectivity index (χ4v) is 1.75. The summed E-state index contributed by atoms with van der Waals surface area (Å²) in [5, 5.41) is 25.9. The Hall–Kier alpha value is -2.43. The molecule has 1 unspecified atom stereocenters. The summed E-state index contributed by atoms with van der Waals surface area (Å²) in [6.07, 6.45) is 0.940. The fourth-order valence-electron chi connectivity index (χ4n) is 1.75. The first-order valence-corrected chi connectivity index (χ1v) is 6.54. The number of benzene rings is 1. The molecule has 2 aromatic rings. The van der Waals surface area contributed by atoms with Gasteiger partial charge in [0, 0.05) is 13.6 Å². The second-order valence-electron chi connectivity index (χ2n) is 4.54. The van der Waals surface area contributed by atoms with Crippen molar-refractivity contribution in [3.63, 3.8) is 0 Å². The SMILES string of the molecule is Cn1cnc(CNCC(O)COc2ccccc2C#N)n1. The highest BCUT2D eigenvalue weighted by molar-refractivity contribution is 5.42. The van der Waals surface area contributed by atoms with Crippen molar-refractivity contribution in [1.82, 2.24) is 20.1 Å². The molecule has 0 aliphatic rings. The van der Waals surface area contributed by atoms with Crippen molar-refractivity contribution >= 4 is 0 Å². The summed E-state index contributed by atoms with van der Waals surface area (Å²) in [6.45, 7) is 0.945. The number of hydrogen-bond donors (Lipinski definition) is 2. The molecule has 1 aromatic carbocycles. The Labute approximate surface area is 122 Å². The molecule has 2 N–H and O–H groups in total. The topological polar surface area (TPSA) is 96.0 Å². The molecule has 0 radical (unpaired) electrons. The molecule has 1 aromatic heterocycles. The largest absolute Gasteiger partial charge is 0.489 e. The normalized spacial score (nSPS) is 11.9. The van der Waals surface area contributed by atoms with Crippen LogP contribution in [0.25, 0.3) is 0 Å². The summed E-state index contributed by atoms with van der Waals surface area (Å²) in [5.41, 5.74) is 0.454. The fraction of sp³-hybridized carbons (Fsp3) is 0.357. The van der Waals surface area contributed by atoms with Gasteiger partial charge in [-0.3, -0.25) is 4.68 Å². The van der Waals surface area contributed by atoms with Crippen LogP contribution in [0.1, 0.15) is 11.4 Å². The van der Waals surface area contributed by atoms with Crippen molar-refractivity contribution in [2.45, 2.75) is 12.6 Å². The molecule has 0 amide bonds. The second-order valence-corrected chi connectivity index (χ2v) is 4.54. The van der Waals surface area contributed by atoms with Crippen LogP contribution in [0.3, 0.4) is 0 Å². The summed E-state index contributed by atoms with van der Waals surface area (Å²) in [5.74, 6) is 1.14. The summed E-state index contributed by atoms with van der Waals surface area (Å²) in [7, 11) is 1.80. The number of aromatic nitrogens is 3. The standard InChI is InChI=1S/C14H17N5O2/c1-19-10-17-14(18-19)8-16-7-12(20)9-21-13-5-3-2-4-11(13)6-15/h2-5,10,12,16,20H,7-9H2,1H3. The first-order valence-electron chi connectivity index (χ1n) is 6.54. The minimum atomic E-state index is -0.680. The molecule has 21 heavy (non-hydrogen) atoms. The average molecular weight is 287 g/mol. The van der Waals surface area contributed by atoms with E-state index in [2.05, 4.69) is 15.4 Å². The molecular weight excluding hydrogens is 270 g/mol. The number of hydrogen-bond acceptors (Lipinski definition) is 6. The lowest BCUT2D eigenvalue weighted by molar-refractivity contribution is 0.106. The van der Waals surface area contributed by atoms with E-state index < -0.39 is 6.10 Å². The number of rotatable bonds is 7. The molecule has 7 heteroatoms. The van der Waals surface area contributed by atoms with Crippen molar-refractivity contribution < 1.29 is 9.84 Å². The quantitative estimate of drug-likeness (QED) is 0.756. The van der Waals surface area contributed by atoms with Gasteiger partial charge in [-0.05, 0) is 12.1 Å². The van der Waals surface area contributed by atoms with E-state index in [0.717, 1.165) is 0 Å². The summed E-state index contributed by atoms with van der Waals surface area (Å²) >= 11 is 0. The van der Waals surface area contributed by atoms with Crippen molar-refractivity contribution in [3.8, 4) is 11.8 Å². The molecule has 0 spiro atoms. The summed E-state index contributed by atoms with van der Waals surface area (Å²) in [4.78, 5) is 4.07. The second kappa shape index (κ2) is 7.38. The van der Waals surface area contributed by atoms with Crippen LogP contribution in [0.2, 0.25) is 0 Å². The van der Waals surface area contributed by atoms with E-state index in [9.17, 15) is 5.11 Å². The maximum atomic E-state index is 9.84. The Morgan fingerprint density at radius 3 is 3.00 bits per heavy atom. The third-order valence-corrected chi connectivity index (χ3v) is 2.75. The number of aryl methyl sites for hydroxylation is 1. The van der Waals surface area contributed by atoms with E-state index >= 15 is 0 Å². The highest BCUT2D eigenvalue weighted by atomic mass is 16.5. The maximum Gasteiger partial charge on any atom is 0.164 e. The van der Waals surface area contributed by atoms with Crippen LogP contribution in [-0.4, -0.2) is 39.1 Å². The molecule has 110 valence electrons. The van der Waals surface area contributed by atoms with Crippen molar-refractivity contribution in [2.24, 2.45) is 7.05 Å². The van der Waals surface area contributed by atoms with Gasteiger partial charge in [0.15, 0.2) is 5.82 Å². The Morgan fingerprint density at radius 2 is 2.29 bits per heavy atom. The number of nitrogens with zero attached hydrogens (tertiary/aromatic N) is 4. The van der Waals surface area contributed by atoms with Crippen molar-refractivity contribution in [2.75, 3.05) is 13.2 Å². The maximum absolute atomic E-state index is 9.84. The summed E-state index contributed by atoms with van der Waals surface area (Å²) in [6, 6.07) is 8.98. The molecule has 0 fully saturated rings. The predicted molar refractivity (Wildman–Crippen MR) is 75.4 cm³/mol. The Balaban J connectivity index is 1.72. The highest BCUT2D eigenvalue weighted by Gasteiger charge is 2.08.